The van der Waals surface area contributed by atoms with Crippen molar-refractivity contribution >= 4 is 18.0 Å². The Labute approximate surface area is 158 Å². The van der Waals surface area contributed by atoms with Crippen molar-refractivity contribution in [1.29, 1.82) is 0 Å². The first-order valence-electron chi connectivity index (χ1n) is 9.20. The predicted octanol–water partition coefficient (Wildman–Crippen LogP) is -0.221. The quantitative estimate of drug-likeness (QED) is 0.273. The minimum atomic E-state index is -1.20. The van der Waals surface area contributed by atoms with Gasteiger partial charge in [0.25, 0.3) is 0 Å². The van der Waals surface area contributed by atoms with Gasteiger partial charge in [-0.05, 0) is 43.4 Å². The molecular weight excluding hydrogens is 354 g/mol. The number of aliphatic carboxylic acids is 1. The topological polar surface area (TPSA) is 151 Å². The zero-order chi connectivity index (χ0) is 19.8. The van der Waals surface area contributed by atoms with Crippen molar-refractivity contribution in [3.8, 4) is 11.8 Å². The second-order valence-corrected chi connectivity index (χ2v) is 6.97. The molecule has 0 saturated heterocycles. The van der Waals surface area contributed by atoms with Crippen LogP contribution in [0.1, 0.15) is 38.5 Å². The summed E-state index contributed by atoms with van der Waals surface area (Å²) < 4.78 is 5.27. The van der Waals surface area contributed by atoms with E-state index in [0.717, 1.165) is 25.7 Å². The van der Waals surface area contributed by atoms with Crippen LogP contribution in [0.15, 0.2) is 0 Å². The van der Waals surface area contributed by atoms with E-state index < -0.39 is 36.8 Å². The van der Waals surface area contributed by atoms with Gasteiger partial charge in [-0.25, -0.2) is 4.79 Å². The maximum atomic E-state index is 12.1. The standard InChI is InChI=1S/C18H27N3O6/c19-15(22)8-7-14(17(25)20-9-16(23)24)21-18(26)27-10-13-11-5-3-1-2-4-6-12(11)13/h11-15,22H,3-10,19H2,(H,20,25)(H,21,26)(H,23,24)/t11?,12?,13?,14-,15?/m0/s1. The Bertz CT molecular complexity index is 594. The second kappa shape index (κ2) is 10.1. The molecule has 0 bridgehead atoms. The summed E-state index contributed by atoms with van der Waals surface area (Å²) in [5, 5.41) is 22.4. The zero-order valence-electron chi connectivity index (χ0n) is 15.1. The molecule has 0 aliphatic heterocycles. The fourth-order valence-electron chi connectivity index (χ4n) is 3.53. The second-order valence-electron chi connectivity index (χ2n) is 6.97. The van der Waals surface area contributed by atoms with Crippen LogP contribution in [0.5, 0.6) is 0 Å². The molecule has 1 saturated carbocycles. The van der Waals surface area contributed by atoms with Gasteiger partial charge < -0.3 is 31.3 Å². The van der Waals surface area contributed by atoms with Crippen molar-refractivity contribution in [3.05, 3.63) is 0 Å². The Balaban J connectivity index is 1.78. The highest BCUT2D eigenvalue weighted by Gasteiger charge is 2.49. The van der Waals surface area contributed by atoms with Gasteiger partial charge in [0, 0.05) is 12.8 Å². The Morgan fingerprint density at radius 1 is 1.15 bits per heavy atom. The number of carboxylic acid groups (broad SMARTS) is 1. The molecule has 2 aliphatic rings. The number of fused-ring (bicyclic) bond motifs is 1. The lowest BCUT2D eigenvalue weighted by Gasteiger charge is -2.18. The Morgan fingerprint density at radius 3 is 2.33 bits per heavy atom. The van der Waals surface area contributed by atoms with E-state index in [0.29, 0.717) is 17.8 Å². The number of nitrogens with one attached hydrogen (secondary N) is 2. The molecule has 2 amide bonds. The lowest BCUT2D eigenvalue weighted by Crippen LogP contribution is -2.48. The van der Waals surface area contributed by atoms with Gasteiger partial charge in [0.1, 0.15) is 18.8 Å². The number of carboxylic acids is 1. The van der Waals surface area contributed by atoms with E-state index in [4.69, 9.17) is 15.6 Å². The first kappa shape index (κ1) is 21.0. The van der Waals surface area contributed by atoms with Gasteiger partial charge in [-0.2, -0.15) is 0 Å². The van der Waals surface area contributed by atoms with Crippen molar-refractivity contribution in [2.75, 3.05) is 13.2 Å². The Kier molecular flexibility index (Phi) is 7.88. The van der Waals surface area contributed by atoms with E-state index in [-0.39, 0.29) is 19.4 Å². The number of hydrogen-bond donors (Lipinski definition) is 5. The summed E-state index contributed by atoms with van der Waals surface area (Å²) >= 11 is 0. The van der Waals surface area contributed by atoms with E-state index in [1.807, 2.05) is 0 Å². The average molecular weight is 381 g/mol. The summed E-state index contributed by atoms with van der Waals surface area (Å²) in [7, 11) is 0. The average Bonchev–Trinajstić information content (AvgIpc) is 3.23. The van der Waals surface area contributed by atoms with Crippen LogP contribution in [0, 0.1) is 29.6 Å². The third-order valence-electron chi connectivity index (χ3n) is 5.02. The largest absolute Gasteiger partial charge is 0.480 e. The molecule has 4 atom stereocenters. The highest BCUT2D eigenvalue weighted by molar-refractivity contribution is 5.87. The van der Waals surface area contributed by atoms with E-state index in [1.54, 1.807) is 0 Å². The van der Waals surface area contributed by atoms with E-state index in [2.05, 4.69) is 22.5 Å². The van der Waals surface area contributed by atoms with E-state index >= 15 is 0 Å². The maximum Gasteiger partial charge on any atom is 0.407 e. The number of carbonyl (C=O) groups is 3. The highest BCUT2D eigenvalue weighted by atomic mass is 16.5. The number of nitrogens with two attached hydrogens (primary N) is 1. The van der Waals surface area contributed by atoms with Crippen LogP contribution in [0.2, 0.25) is 0 Å². The number of ether oxygens (including phenoxy) is 1. The lowest BCUT2D eigenvalue weighted by molar-refractivity contribution is -0.138. The van der Waals surface area contributed by atoms with Gasteiger partial charge in [0.15, 0.2) is 0 Å². The van der Waals surface area contributed by atoms with Crippen molar-refractivity contribution < 1.29 is 29.3 Å². The molecule has 3 unspecified atom stereocenters. The number of alkyl carbamates (subject to hydrolysis) is 1. The molecule has 2 aliphatic carbocycles. The summed E-state index contributed by atoms with van der Waals surface area (Å²) in [6, 6.07) is -1.03. The van der Waals surface area contributed by atoms with Crippen LogP contribution in [0.4, 0.5) is 4.79 Å². The first-order chi connectivity index (χ1) is 12.9. The number of aliphatic hydroxyl groups is 1. The summed E-state index contributed by atoms with van der Waals surface area (Å²) in [5.41, 5.74) is 5.27. The molecule has 0 radical (unpaired) electrons. The summed E-state index contributed by atoms with van der Waals surface area (Å²) in [5.74, 6) is 5.78. The highest BCUT2D eigenvalue weighted by Crippen LogP contribution is 2.52. The molecule has 0 aromatic rings. The van der Waals surface area contributed by atoms with Crippen LogP contribution in [-0.4, -0.2) is 53.6 Å². The molecule has 0 spiro atoms. The Morgan fingerprint density at radius 2 is 1.78 bits per heavy atom. The fourth-order valence-corrected chi connectivity index (χ4v) is 3.53. The van der Waals surface area contributed by atoms with Gasteiger partial charge in [-0.3, -0.25) is 9.59 Å². The smallest absolute Gasteiger partial charge is 0.407 e. The number of aliphatic hydroxyl groups excluding tert-OH is 1. The third kappa shape index (κ3) is 7.07. The summed E-state index contributed by atoms with van der Waals surface area (Å²) in [6.07, 6.45) is 2.02. The molecule has 1 fully saturated rings. The summed E-state index contributed by atoms with van der Waals surface area (Å²) in [6.45, 7) is -0.283. The fraction of sp³-hybridized carbons (Fsp3) is 0.722. The van der Waals surface area contributed by atoms with Gasteiger partial charge in [-0.1, -0.05) is 0 Å². The monoisotopic (exact) mass is 381 g/mol. The first-order valence-corrected chi connectivity index (χ1v) is 9.20. The van der Waals surface area contributed by atoms with Crippen LogP contribution in [0.3, 0.4) is 0 Å². The SMILES string of the molecule is NC(O)CC[C@H](NC(=O)OCC1C2CCC#CCCC21)C(=O)NCC(=O)O. The van der Waals surface area contributed by atoms with Gasteiger partial charge in [-0.15, -0.1) is 11.8 Å². The molecule has 0 aromatic carbocycles. The minimum absolute atomic E-state index is 0.0598. The van der Waals surface area contributed by atoms with Crippen LogP contribution in [-0.2, 0) is 14.3 Å². The van der Waals surface area contributed by atoms with Gasteiger partial charge >= 0.3 is 12.1 Å². The number of hydrogen-bond acceptors (Lipinski definition) is 6. The molecule has 2 rings (SSSR count). The normalized spacial score (nSPS) is 25.3. The molecule has 0 heterocycles. The van der Waals surface area contributed by atoms with Crippen LogP contribution < -0.4 is 16.4 Å². The summed E-state index contributed by atoms with van der Waals surface area (Å²) in [4.78, 5) is 34.7. The molecule has 150 valence electrons. The van der Waals surface area contributed by atoms with Gasteiger partial charge in [0.05, 0.1) is 6.61 Å². The molecule has 6 N–H and O–H groups in total. The zero-order valence-corrected chi connectivity index (χ0v) is 15.1. The van der Waals surface area contributed by atoms with Crippen molar-refractivity contribution in [1.82, 2.24) is 10.6 Å². The van der Waals surface area contributed by atoms with Crippen LogP contribution in [0.25, 0.3) is 0 Å². The number of carbonyl (C=O) groups excluding carboxylic acids is 2. The van der Waals surface area contributed by atoms with Crippen molar-refractivity contribution in [2.24, 2.45) is 23.5 Å². The predicted molar refractivity (Wildman–Crippen MR) is 95.1 cm³/mol. The van der Waals surface area contributed by atoms with Crippen LogP contribution >= 0.6 is 0 Å². The van der Waals surface area contributed by atoms with Gasteiger partial charge in [0.2, 0.25) is 5.91 Å². The number of rotatable bonds is 9. The molecule has 27 heavy (non-hydrogen) atoms. The molecule has 0 aromatic heterocycles. The lowest BCUT2D eigenvalue weighted by atomic mass is 10.1. The third-order valence-corrected chi connectivity index (χ3v) is 5.02. The van der Waals surface area contributed by atoms with E-state index in [1.165, 1.54) is 0 Å². The maximum absolute atomic E-state index is 12.1. The molecular formula is C18H27N3O6. The molecule has 9 nitrogen and oxygen atoms in total. The van der Waals surface area contributed by atoms with E-state index in [9.17, 15) is 19.5 Å². The molecule has 9 heteroatoms. The Hall–Kier alpha value is -2.31. The van der Waals surface area contributed by atoms with Crippen molar-refractivity contribution in [3.63, 3.8) is 0 Å². The number of amides is 2. The minimum Gasteiger partial charge on any atom is -0.480 e. The van der Waals surface area contributed by atoms with Crippen molar-refractivity contribution in [2.45, 2.75) is 50.8 Å².